The number of ether oxygens (including phenoxy) is 2. The van der Waals surface area contributed by atoms with Crippen molar-refractivity contribution in [3.8, 4) is 11.6 Å². The molecule has 1 saturated heterocycles. The van der Waals surface area contributed by atoms with Crippen LogP contribution in [0.4, 0.5) is 5.69 Å². The molecule has 29 heavy (non-hydrogen) atoms. The third-order valence-electron chi connectivity index (χ3n) is 4.92. The third kappa shape index (κ3) is 5.53. The van der Waals surface area contributed by atoms with Gasteiger partial charge in [0.2, 0.25) is 5.88 Å². The summed E-state index contributed by atoms with van der Waals surface area (Å²) in [5, 5.41) is 6.91. The van der Waals surface area contributed by atoms with E-state index in [1.807, 2.05) is 30.3 Å². The number of rotatable bonds is 8. The lowest BCUT2D eigenvalue weighted by molar-refractivity contribution is 0.301. The average Bonchev–Trinajstić information content (AvgIpc) is 3.24. The van der Waals surface area contributed by atoms with Crippen molar-refractivity contribution in [2.75, 3.05) is 38.8 Å². The Morgan fingerprint density at radius 3 is 2.93 bits per heavy atom. The molecule has 0 saturated carbocycles. The Bertz CT molecular complexity index is 811. The highest BCUT2D eigenvalue weighted by Crippen LogP contribution is 2.30. The molecule has 0 radical (unpaired) electrons. The molecular formula is C22H31N5O2. The van der Waals surface area contributed by atoms with Gasteiger partial charge in [0.1, 0.15) is 5.75 Å². The van der Waals surface area contributed by atoms with E-state index in [9.17, 15) is 0 Å². The number of para-hydroxylation sites is 2. The van der Waals surface area contributed by atoms with Crippen LogP contribution < -0.4 is 25.0 Å². The van der Waals surface area contributed by atoms with E-state index in [2.05, 4.69) is 38.5 Å². The summed E-state index contributed by atoms with van der Waals surface area (Å²) in [6.45, 7) is 5.24. The number of nitrogens with one attached hydrogen (secondary N) is 2. The predicted molar refractivity (Wildman–Crippen MR) is 117 cm³/mol. The number of hydrogen-bond acceptors (Lipinski definition) is 5. The first-order valence-corrected chi connectivity index (χ1v) is 10.2. The summed E-state index contributed by atoms with van der Waals surface area (Å²) in [5.74, 6) is 2.37. The van der Waals surface area contributed by atoms with Gasteiger partial charge >= 0.3 is 0 Å². The van der Waals surface area contributed by atoms with Crippen LogP contribution in [0.3, 0.4) is 0 Å². The second-order valence-corrected chi connectivity index (χ2v) is 6.99. The molecule has 2 aromatic rings. The number of guanidine groups is 1. The Kier molecular flexibility index (Phi) is 7.55. The molecule has 156 valence electrons. The van der Waals surface area contributed by atoms with Crippen LogP contribution in [0.1, 0.15) is 25.3 Å². The highest BCUT2D eigenvalue weighted by Gasteiger charge is 2.25. The van der Waals surface area contributed by atoms with E-state index in [1.54, 1.807) is 20.4 Å². The lowest BCUT2D eigenvalue weighted by Crippen LogP contribution is -2.44. The first-order valence-electron chi connectivity index (χ1n) is 10.2. The van der Waals surface area contributed by atoms with E-state index in [1.165, 1.54) is 0 Å². The molecule has 0 spiro atoms. The highest BCUT2D eigenvalue weighted by molar-refractivity contribution is 5.80. The first kappa shape index (κ1) is 20.8. The van der Waals surface area contributed by atoms with Gasteiger partial charge < -0.3 is 25.0 Å². The van der Waals surface area contributed by atoms with E-state index in [-0.39, 0.29) is 0 Å². The maximum Gasteiger partial charge on any atom is 0.218 e. The Morgan fingerprint density at radius 1 is 1.28 bits per heavy atom. The zero-order valence-corrected chi connectivity index (χ0v) is 17.5. The summed E-state index contributed by atoms with van der Waals surface area (Å²) in [6, 6.07) is 12.4. The van der Waals surface area contributed by atoms with Gasteiger partial charge in [-0.25, -0.2) is 4.98 Å². The Labute approximate surface area is 173 Å². The van der Waals surface area contributed by atoms with Crippen molar-refractivity contribution in [3.05, 3.63) is 48.2 Å². The van der Waals surface area contributed by atoms with Crippen LogP contribution in [0.25, 0.3) is 0 Å². The van der Waals surface area contributed by atoms with Gasteiger partial charge in [0.15, 0.2) is 5.96 Å². The fourth-order valence-corrected chi connectivity index (χ4v) is 3.44. The van der Waals surface area contributed by atoms with E-state index in [4.69, 9.17) is 9.47 Å². The lowest BCUT2D eigenvalue weighted by atomic mass is 10.2. The molecule has 0 bridgehead atoms. The molecule has 1 aromatic heterocycles. The molecule has 2 N–H and O–H groups in total. The third-order valence-corrected chi connectivity index (χ3v) is 4.92. The SMILES string of the molecule is CCCOc1ncccc1CNC(=NC)NC1CCN(c2ccccc2OC)C1. The van der Waals surface area contributed by atoms with Crippen molar-refractivity contribution >= 4 is 11.6 Å². The number of hydrogen-bond donors (Lipinski definition) is 2. The molecule has 2 heterocycles. The van der Waals surface area contributed by atoms with Crippen LogP contribution in [0.5, 0.6) is 11.6 Å². The maximum absolute atomic E-state index is 5.74. The molecule has 0 amide bonds. The van der Waals surface area contributed by atoms with Crippen molar-refractivity contribution < 1.29 is 9.47 Å². The standard InChI is InChI=1S/C22H31N5O2/c1-4-14-29-21-17(8-7-12-24-21)15-25-22(23-2)26-18-11-13-27(16-18)19-9-5-6-10-20(19)28-3/h5-10,12,18H,4,11,13-16H2,1-3H3,(H2,23,25,26). The predicted octanol–water partition coefficient (Wildman–Crippen LogP) is 2.82. The molecule has 0 aliphatic carbocycles. The number of aliphatic imine (C=N–C) groups is 1. The molecule has 1 unspecified atom stereocenters. The Hall–Kier alpha value is -2.96. The molecule has 1 aromatic carbocycles. The minimum Gasteiger partial charge on any atom is -0.495 e. The minimum absolute atomic E-state index is 0.316. The van der Waals surface area contributed by atoms with Crippen LogP contribution in [0, 0.1) is 0 Å². The fourth-order valence-electron chi connectivity index (χ4n) is 3.44. The number of nitrogens with zero attached hydrogens (tertiary/aromatic N) is 3. The van der Waals surface area contributed by atoms with Gasteiger partial charge in [0.05, 0.1) is 19.4 Å². The van der Waals surface area contributed by atoms with Gasteiger partial charge in [-0.1, -0.05) is 25.1 Å². The number of aromatic nitrogens is 1. The zero-order chi connectivity index (χ0) is 20.5. The largest absolute Gasteiger partial charge is 0.495 e. The van der Waals surface area contributed by atoms with Crippen LogP contribution >= 0.6 is 0 Å². The van der Waals surface area contributed by atoms with Crippen molar-refractivity contribution in [3.63, 3.8) is 0 Å². The van der Waals surface area contributed by atoms with Crippen LogP contribution in [0.15, 0.2) is 47.6 Å². The fraction of sp³-hybridized carbons (Fsp3) is 0.455. The topological polar surface area (TPSA) is 71.0 Å². The lowest BCUT2D eigenvalue weighted by Gasteiger charge is -2.22. The van der Waals surface area contributed by atoms with Crippen molar-refractivity contribution in [1.29, 1.82) is 0 Å². The van der Waals surface area contributed by atoms with Gasteiger partial charge in [-0.2, -0.15) is 0 Å². The van der Waals surface area contributed by atoms with Crippen molar-refractivity contribution in [1.82, 2.24) is 15.6 Å². The van der Waals surface area contributed by atoms with Crippen molar-refractivity contribution in [2.45, 2.75) is 32.4 Å². The summed E-state index contributed by atoms with van der Waals surface area (Å²) in [6.07, 6.45) is 3.75. The summed E-state index contributed by atoms with van der Waals surface area (Å²) < 4.78 is 11.2. The van der Waals surface area contributed by atoms with Crippen LogP contribution in [-0.4, -0.2) is 50.8 Å². The highest BCUT2D eigenvalue weighted by atomic mass is 16.5. The quantitative estimate of drug-likeness (QED) is 0.527. The monoisotopic (exact) mass is 397 g/mol. The zero-order valence-electron chi connectivity index (χ0n) is 17.5. The van der Waals surface area contributed by atoms with Crippen LogP contribution in [0.2, 0.25) is 0 Å². The smallest absolute Gasteiger partial charge is 0.218 e. The van der Waals surface area contributed by atoms with E-state index in [0.717, 1.165) is 48.9 Å². The Morgan fingerprint density at radius 2 is 2.14 bits per heavy atom. The second kappa shape index (κ2) is 10.5. The number of anilines is 1. The Balaban J connectivity index is 1.55. The van der Waals surface area contributed by atoms with Gasteiger partial charge in [-0.3, -0.25) is 4.99 Å². The van der Waals surface area contributed by atoms with Crippen LogP contribution in [-0.2, 0) is 6.54 Å². The minimum atomic E-state index is 0.316. The first-order chi connectivity index (χ1) is 14.2. The normalized spacial score (nSPS) is 16.6. The molecule has 1 atom stereocenters. The molecule has 1 fully saturated rings. The summed E-state index contributed by atoms with van der Waals surface area (Å²) in [4.78, 5) is 11.1. The summed E-state index contributed by atoms with van der Waals surface area (Å²) >= 11 is 0. The van der Waals surface area contributed by atoms with Gasteiger partial charge in [0.25, 0.3) is 0 Å². The van der Waals surface area contributed by atoms with Gasteiger partial charge in [-0.15, -0.1) is 0 Å². The number of benzene rings is 1. The molecule has 7 heteroatoms. The number of methoxy groups -OCH3 is 1. The molecule has 7 nitrogen and oxygen atoms in total. The van der Waals surface area contributed by atoms with Gasteiger partial charge in [0, 0.05) is 44.5 Å². The second-order valence-electron chi connectivity index (χ2n) is 6.99. The van der Waals surface area contributed by atoms with Crippen molar-refractivity contribution in [2.24, 2.45) is 4.99 Å². The molecule has 1 aliphatic heterocycles. The average molecular weight is 398 g/mol. The summed E-state index contributed by atoms with van der Waals surface area (Å²) in [7, 11) is 3.51. The van der Waals surface area contributed by atoms with E-state index >= 15 is 0 Å². The van der Waals surface area contributed by atoms with E-state index < -0.39 is 0 Å². The summed E-state index contributed by atoms with van der Waals surface area (Å²) in [5.41, 5.74) is 2.15. The van der Waals surface area contributed by atoms with E-state index in [0.29, 0.717) is 25.1 Å². The maximum atomic E-state index is 5.74. The number of pyridine rings is 1. The molecule has 3 rings (SSSR count). The molecule has 1 aliphatic rings. The molecular weight excluding hydrogens is 366 g/mol. The van der Waals surface area contributed by atoms with Gasteiger partial charge in [-0.05, 0) is 31.0 Å².